The van der Waals surface area contributed by atoms with Crippen molar-refractivity contribution in [3.05, 3.63) is 29.8 Å². The molecular weight excluding hydrogens is 316 g/mol. The summed E-state index contributed by atoms with van der Waals surface area (Å²) in [5.41, 5.74) is 2.08. The van der Waals surface area contributed by atoms with E-state index in [1.54, 1.807) is 0 Å². The highest BCUT2D eigenvalue weighted by atomic mass is 35.5. The molecule has 2 aromatic rings. The number of nitrogens with zero attached hydrogens (tertiary/aromatic N) is 5. The predicted octanol–water partition coefficient (Wildman–Crippen LogP) is 0.891. The first-order valence-electron chi connectivity index (χ1n) is 7.48. The molecule has 1 aromatic heterocycles. The lowest BCUT2D eigenvalue weighted by Gasteiger charge is -2.33. The molecule has 2 heterocycles. The monoisotopic (exact) mass is 336 g/mol. The number of tetrazole rings is 1. The highest BCUT2D eigenvalue weighted by Gasteiger charge is 2.23. The molecule has 1 atom stereocenters. The lowest BCUT2D eigenvalue weighted by molar-refractivity contribution is -0.135. The van der Waals surface area contributed by atoms with Crippen molar-refractivity contribution in [3.8, 4) is 11.4 Å². The van der Waals surface area contributed by atoms with Gasteiger partial charge in [0.1, 0.15) is 6.54 Å². The second-order valence-electron chi connectivity index (χ2n) is 5.65. The van der Waals surface area contributed by atoms with E-state index < -0.39 is 0 Å². The van der Waals surface area contributed by atoms with E-state index in [1.165, 1.54) is 10.4 Å². The molecule has 3 rings (SSSR count). The molecule has 0 aliphatic carbocycles. The largest absolute Gasteiger partial charge is 0.336 e. The second-order valence-corrected chi connectivity index (χ2v) is 5.65. The molecule has 1 amide bonds. The molecule has 23 heavy (non-hydrogen) atoms. The number of halogens is 1. The van der Waals surface area contributed by atoms with Crippen molar-refractivity contribution in [2.75, 3.05) is 19.6 Å². The summed E-state index contributed by atoms with van der Waals surface area (Å²) >= 11 is 0. The number of hydrogen-bond donors (Lipinski definition) is 1. The Morgan fingerprint density at radius 3 is 2.78 bits per heavy atom. The molecule has 1 aromatic carbocycles. The Bertz CT molecular complexity index is 656. The molecule has 1 fully saturated rings. The molecule has 1 saturated heterocycles. The van der Waals surface area contributed by atoms with Crippen molar-refractivity contribution in [3.63, 3.8) is 0 Å². The van der Waals surface area contributed by atoms with E-state index in [0.717, 1.165) is 25.2 Å². The molecule has 1 N–H and O–H groups in total. The lowest BCUT2D eigenvalue weighted by Crippen LogP contribution is -2.53. The van der Waals surface area contributed by atoms with E-state index in [1.807, 2.05) is 43.0 Å². The Hall–Kier alpha value is -1.99. The maximum atomic E-state index is 12.3. The molecule has 124 valence electrons. The Labute approximate surface area is 141 Å². The van der Waals surface area contributed by atoms with Crippen LogP contribution in [0.4, 0.5) is 0 Å². The van der Waals surface area contributed by atoms with Crippen LogP contribution in [0.3, 0.4) is 0 Å². The van der Waals surface area contributed by atoms with E-state index in [2.05, 4.69) is 20.7 Å². The predicted molar refractivity (Wildman–Crippen MR) is 89.3 cm³/mol. The van der Waals surface area contributed by atoms with Gasteiger partial charge in [-0.25, -0.2) is 0 Å². The number of aromatic nitrogens is 4. The number of hydrogen-bond acceptors (Lipinski definition) is 5. The van der Waals surface area contributed by atoms with Gasteiger partial charge in [0, 0.05) is 31.2 Å². The molecule has 1 aliphatic rings. The van der Waals surface area contributed by atoms with Gasteiger partial charge in [-0.05, 0) is 19.1 Å². The first-order valence-corrected chi connectivity index (χ1v) is 7.48. The number of benzene rings is 1. The maximum absolute atomic E-state index is 12.3. The Morgan fingerprint density at radius 1 is 1.35 bits per heavy atom. The number of rotatable bonds is 3. The van der Waals surface area contributed by atoms with Gasteiger partial charge in [0.25, 0.3) is 0 Å². The quantitative estimate of drug-likeness (QED) is 0.901. The molecule has 0 spiro atoms. The number of carbonyl (C=O) groups is 1. The van der Waals surface area contributed by atoms with Crippen molar-refractivity contribution in [1.82, 2.24) is 30.4 Å². The molecule has 0 unspecified atom stereocenters. The van der Waals surface area contributed by atoms with E-state index in [4.69, 9.17) is 0 Å². The summed E-state index contributed by atoms with van der Waals surface area (Å²) in [6.45, 7) is 6.57. The smallest absolute Gasteiger partial charge is 0.246 e. The van der Waals surface area contributed by atoms with Crippen LogP contribution in [0, 0.1) is 6.92 Å². The molecule has 8 heteroatoms. The molecule has 0 bridgehead atoms. The Morgan fingerprint density at radius 2 is 2.09 bits per heavy atom. The summed E-state index contributed by atoms with van der Waals surface area (Å²) < 4.78 is 0. The third kappa shape index (κ3) is 4.05. The van der Waals surface area contributed by atoms with Crippen molar-refractivity contribution >= 4 is 18.3 Å². The summed E-state index contributed by atoms with van der Waals surface area (Å²) in [7, 11) is 0. The van der Waals surface area contributed by atoms with Crippen LogP contribution in [-0.2, 0) is 11.3 Å². The molecule has 0 saturated carbocycles. The fourth-order valence-corrected chi connectivity index (χ4v) is 2.55. The zero-order valence-corrected chi connectivity index (χ0v) is 14.1. The third-order valence-corrected chi connectivity index (χ3v) is 3.86. The zero-order valence-electron chi connectivity index (χ0n) is 13.3. The lowest BCUT2D eigenvalue weighted by atomic mass is 10.1. The fraction of sp³-hybridized carbons (Fsp3) is 0.467. The summed E-state index contributed by atoms with van der Waals surface area (Å²) in [4.78, 5) is 15.6. The van der Waals surface area contributed by atoms with Crippen LogP contribution in [0.15, 0.2) is 24.3 Å². The van der Waals surface area contributed by atoms with Gasteiger partial charge in [0.15, 0.2) is 0 Å². The SMILES string of the molecule is Cc1ccc(-c2nnn(CC(=O)N3CCNC[C@@H]3C)n2)cc1.Cl. The van der Waals surface area contributed by atoms with Crippen molar-refractivity contribution in [2.24, 2.45) is 0 Å². The van der Waals surface area contributed by atoms with Crippen LogP contribution < -0.4 is 5.32 Å². The summed E-state index contributed by atoms with van der Waals surface area (Å²) in [5, 5.41) is 15.6. The standard InChI is InChI=1S/C15H20N6O.ClH/c1-11-3-5-13(6-4-11)15-17-19-21(18-15)10-14(22)20-8-7-16-9-12(20)2;/h3-6,12,16H,7-10H2,1-2H3;1H/t12-;/m0./s1. The number of nitrogens with one attached hydrogen (secondary N) is 1. The van der Waals surface area contributed by atoms with Crippen molar-refractivity contribution in [1.29, 1.82) is 0 Å². The topological polar surface area (TPSA) is 75.9 Å². The van der Waals surface area contributed by atoms with Gasteiger partial charge >= 0.3 is 0 Å². The van der Waals surface area contributed by atoms with Crippen LogP contribution >= 0.6 is 12.4 Å². The Kier molecular flexibility index (Phi) is 5.68. The molecule has 7 nitrogen and oxygen atoms in total. The fourth-order valence-electron chi connectivity index (χ4n) is 2.55. The first kappa shape index (κ1) is 17.4. The Balaban J connectivity index is 0.00000192. The molecule has 1 aliphatic heterocycles. The number of aryl methyl sites for hydroxylation is 1. The maximum Gasteiger partial charge on any atom is 0.246 e. The van der Waals surface area contributed by atoms with Crippen molar-refractivity contribution in [2.45, 2.75) is 26.4 Å². The molecular formula is C15H21ClN6O. The third-order valence-electron chi connectivity index (χ3n) is 3.86. The van der Waals surface area contributed by atoms with Crippen molar-refractivity contribution < 1.29 is 4.79 Å². The van der Waals surface area contributed by atoms with Gasteiger partial charge in [-0.3, -0.25) is 4.79 Å². The van der Waals surface area contributed by atoms with Crippen LogP contribution in [0.2, 0.25) is 0 Å². The minimum Gasteiger partial charge on any atom is -0.336 e. The van der Waals surface area contributed by atoms with E-state index >= 15 is 0 Å². The van der Waals surface area contributed by atoms with Gasteiger partial charge in [0.05, 0.1) is 0 Å². The van der Waals surface area contributed by atoms with Gasteiger partial charge in [-0.2, -0.15) is 4.80 Å². The average molecular weight is 337 g/mol. The van der Waals surface area contributed by atoms with Gasteiger partial charge < -0.3 is 10.2 Å². The van der Waals surface area contributed by atoms with E-state index in [-0.39, 0.29) is 30.9 Å². The minimum atomic E-state index is 0. The number of amides is 1. The zero-order chi connectivity index (χ0) is 15.5. The normalized spacial score (nSPS) is 17.7. The summed E-state index contributed by atoms with van der Waals surface area (Å²) in [6, 6.07) is 8.11. The minimum absolute atomic E-state index is 0. The second kappa shape index (κ2) is 7.52. The van der Waals surface area contributed by atoms with E-state index in [0.29, 0.717) is 5.82 Å². The highest BCUT2D eigenvalue weighted by Crippen LogP contribution is 2.14. The summed E-state index contributed by atoms with van der Waals surface area (Å²) in [6.07, 6.45) is 0. The van der Waals surface area contributed by atoms with Crippen LogP contribution in [0.25, 0.3) is 11.4 Å². The van der Waals surface area contributed by atoms with Crippen LogP contribution in [0.1, 0.15) is 12.5 Å². The van der Waals surface area contributed by atoms with Gasteiger partial charge in [-0.15, -0.1) is 22.6 Å². The highest BCUT2D eigenvalue weighted by molar-refractivity contribution is 5.85. The number of piperazine rings is 1. The van der Waals surface area contributed by atoms with Gasteiger partial charge in [-0.1, -0.05) is 29.8 Å². The van der Waals surface area contributed by atoms with Crippen LogP contribution in [0.5, 0.6) is 0 Å². The van der Waals surface area contributed by atoms with E-state index in [9.17, 15) is 4.79 Å². The average Bonchev–Trinajstić information content (AvgIpc) is 2.97. The number of carbonyl (C=O) groups excluding carboxylic acids is 1. The van der Waals surface area contributed by atoms with Gasteiger partial charge in [0.2, 0.25) is 11.7 Å². The molecule has 0 radical (unpaired) electrons. The van der Waals surface area contributed by atoms with Crippen LogP contribution in [-0.4, -0.2) is 56.7 Å². The first-order chi connectivity index (χ1) is 10.6. The summed E-state index contributed by atoms with van der Waals surface area (Å²) in [5.74, 6) is 0.572.